The average Bonchev–Trinajstić information content (AvgIpc) is 2.62. The lowest BCUT2D eigenvalue weighted by atomic mass is 10.2. The van der Waals surface area contributed by atoms with E-state index in [1.807, 2.05) is 32.0 Å². The Labute approximate surface area is 93.0 Å². The van der Waals surface area contributed by atoms with Crippen LogP contribution < -0.4 is 5.73 Å². The van der Waals surface area contributed by atoms with Crippen LogP contribution in [-0.2, 0) is 0 Å². The minimum absolute atomic E-state index is 0.00760. The molecule has 2 N–H and O–H groups in total. The second-order valence-corrected chi connectivity index (χ2v) is 4.68. The molecule has 1 unspecified atom stereocenters. The van der Waals surface area contributed by atoms with Crippen LogP contribution in [0.2, 0.25) is 0 Å². The summed E-state index contributed by atoms with van der Waals surface area (Å²) >= 11 is 1.64. The van der Waals surface area contributed by atoms with Gasteiger partial charge in [0.1, 0.15) is 5.69 Å². The molecular weight excluding hydrogens is 206 g/mol. The van der Waals surface area contributed by atoms with Crippen molar-refractivity contribution in [2.45, 2.75) is 19.9 Å². The van der Waals surface area contributed by atoms with E-state index in [9.17, 15) is 0 Å². The minimum atomic E-state index is 0.00760. The van der Waals surface area contributed by atoms with Crippen molar-refractivity contribution in [2.24, 2.45) is 5.73 Å². The number of thiazole rings is 1. The number of hydrogen-bond acceptors (Lipinski definition) is 4. The second-order valence-electron chi connectivity index (χ2n) is 3.45. The largest absolute Gasteiger partial charge is 0.323 e. The Bertz CT molecular complexity index is 448. The summed E-state index contributed by atoms with van der Waals surface area (Å²) in [7, 11) is 0. The van der Waals surface area contributed by atoms with Crippen LogP contribution in [0.15, 0.2) is 24.4 Å². The van der Waals surface area contributed by atoms with Gasteiger partial charge in [-0.15, -0.1) is 11.3 Å². The molecule has 0 amide bonds. The molecule has 4 heteroatoms. The predicted molar refractivity (Wildman–Crippen MR) is 62.7 cm³/mol. The van der Waals surface area contributed by atoms with Crippen molar-refractivity contribution in [1.29, 1.82) is 0 Å². The molecule has 3 nitrogen and oxygen atoms in total. The van der Waals surface area contributed by atoms with Crippen LogP contribution >= 0.6 is 11.3 Å². The summed E-state index contributed by atoms with van der Waals surface area (Å²) in [5.41, 5.74) is 7.73. The van der Waals surface area contributed by atoms with Crippen LogP contribution in [-0.4, -0.2) is 9.97 Å². The number of pyridine rings is 1. The Hall–Kier alpha value is -1.26. The summed E-state index contributed by atoms with van der Waals surface area (Å²) in [5.74, 6) is 0. The highest BCUT2D eigenvalue weighted by Gasteiger charge is 2.14. The third kappa shape index (κ3) is 2.06. The van der Waals surface area contributed by atoms with Crippen LogP contribution in [0.1, 0.15) is 22.9 Å². The van der Waals surface area contributed by atoms with Crippen molar-refractivity contribution in [3.8, 4) is 11.4 Å². The van der Waals surface area contributed by atoms with E-state index in [1.54, 1.807) is 17.5 Å². The molecule has 78 valence electrons. The molecule has 0 bridgehead atoms. The first-order chi connectivity index (χ1) is 7.18. The topological polar surface area (TPSA) is 51.8 Å². The first-order valence-corrected chi connectivity index (χ1v) is 5.64. The lowest BCUT2D eigenvalue weighted by molar-refractivity contribution is 0.836. The molecule has 2 aromatic heterocycles. The SMILES string of the molecule is Cc1nc(-c2ccccn2)c(C(C)N)s1. The molecule has 0 aliphatic heterocycles. The van der Waals surface area contributed by atoms with Gasteiger partial charge in [-0.25, -0.2) is 4.98 Å². The van der Waals surface area contributed by atoms with E-state index in [2.05, 4.69) is 9.97 Å². The summed E-state index contributed by atoms with van der Waals surface area (Å²) in [6.07, 6.45) is 1.77. The first kappa shape index (κ1) is 10.3. The van der Waals surface area contributed by atoms with E-state index in [0.29, 0.717) is 0 Å². The lowest BCUT2D eigenvalue weighted by Crippen LogP contribution is -2.04. The van der Waals surface area contributed by atoms with Gasteiger partial charge < -0.3 is 5.73 Å². The molecule has 1 atom stereocenters. The van der Waals surface area contributed by atoms with Crippen molar-refractivity contribution in [2.75, 3.05) is 0 Å². The molecule has 2 heterocycles. The normalized spacial score (nSPS) is 12.7. The highest BCUT2D eigenvalue weighted by molar-refractivity contribution is 7.12. The van der Waals surface area contributed by atoms with Gasteiger partial charge in [0.2, 0.25) is 0 Å². The third-order valence-electron chi connectivity index (χ3n) is 2.08. The fraction of sp³-hybridized carbons (Fsp3) is 0.273. The number of nitrogens with zero attached hydrogens (tertiary/aromatic N) is 2. The fourth-order valence-electron chi connectivity index (χ4n) is 1.44. The molecule has 0 aliphatic carbocycles. The average molecular weight is 219 g/mol. The maximum Gasteiger partial charge on any atom is 0.105 e. The number of aryl methyl sites for hydroxylation is 1. The van der Waals surface area contributed by atoms with Crippen LogP contribution in [0.25, 0.3) is 11.4 Å². The van der Waals surface area contributed by atoms with E-state index in [4.69, 9.17) is 5.73 Å². The Kier molecular flexibility index (Phi) is 2.79. The monoisotopic (exact) mass is 219 g/mol. The van der Waals surface area contributed by atoms with Crippen LogP contribution in [0.3, 0.4) is 0 Å². The summed E-state index contributed by atoms with van der Waals surface area (Å²) in [6, 6.07) is 5.82. The van der Waals surface area contributed by atoms with Gasteiger partial charge in [-0.05, 0) is 26.0 Å². The molecule has 2 rings (SSSR count). The standard InChI is InChI=1S/C11H13N3S/c1-7(12)11-10(14-8(2)15-11)9-5-3-4-6-13-9/h3-7H,12H2,1-2H3. The van der Waals surface area contributed by atoms with Gasteiger partial charge in [-0.1, -0.05) is 6.07 Å². The number of aromatic nitrogens is 2. The zero-order chi connectivity index (χ0) is 10.8. The molecule has 2 aromatic rings. The maximum atomic E-state index is 5.91. The summed E-state index contributed by atoms with van der Waals surface area (Å²) in [6.45, 7) is 3.96. The molecule has 0 saturated carbocycles. The van der Waals surface area contributed by atoms with Gasteiger partial charge in [0.05, 0.1) is 15.6 Å². The second kappa shape index (κ2) is 4.08. The lowest BCUT2D eigenvalue weighted by Gasteiger charge is -2.04. The third-order valence-corrected chi connectivity index (χ3v) is 3.25. The number of nitrogens with two attached hydrogens (primary N) is 1. The summed E-state index contributed by atoms with van der Waals surface area (Å²) < 4.78 is 0. The summed E-state index contributed by atoms with van der Waals surface area (Å²) in [5, 5.41) is 1.03. The Balaban J connectivity index is 2.53. The maximum absolute atomic E-state index is 5.91. The van der Waals surface area contributed by atoms with Gasteiger partial charge in [0, 0.05) is 12.2 Å². The number of hydrogen-bond donors (Lipinski definition) is 1. The molecule has 0 aliphatic rings. The predicted octanol–water partition coefficient (Wildman–Crippen LogP) is 2.53. The van der Waals surface area contributed by atoms with Gasteiger partial charge in [0.15, 0.2) is 0 Å². The van der Waals surface area contributed by atoms with E-state index in [-0.39, 0.29) is 6.04 Å². The van der Waals surface area contributed by atoms with Gasteiger partial charge in [0.25, 0.3) is 0 Å². The van der Waals surface area contributed by atoms with Crippen molar-refractivity contribution >= 4 is 11.3 Å². The molecule has 0 radical (unpaired) electrons. The summed E-state index contributed by atoms with van der Waals surface area (Å²) in [4.78, 5) is 9.88. The molecular formula is C11H13N3S. The Morgan fingerprint density at radius 3 is 2.80 bits per heavy atom. The van der Waals surface area contributed by atoms with Crippen molar-refractivity contribution in [3.63, 3.8) is 0 Å². The highest BCUT2D eigenvalue weighted by Crippen LogP contribution is 2.30. The molecule has 15 heavy (non-hydrogen) atoms. The smallest absolute Gasteiger partial charge is 0.105 e. The molecule has 0 saturated heterocycles. The zero-order valence-electron chi connectivity index (χ0n) is 8.77. The van der Waals surface area contributed by atoms with Gasteiger partial charge in [-0.2, -0.15) is 0 Å². The Morgan fingerprint density at radius 1 is 1.40 bits per heavy atom. The van der Waals surface area contributed by atoms with E-state index in [1.165, 1.54) is 0 Å². The van der Waals surface area contributed by atoms with Gasteiger partial charge in [-0.3, -0.25) is 4.98 Å². The molecule has 0 spiro atoms. The van der Waals surface area contributed by atoms with Crippen LogP contribution in [0, 0.1) is 6.92 Å². The molecule has 0 aromatic carbocycles. The fourth-order valence-corrected chi connectivity index (χ4v) is 2.33. The Morgan fingerprint density at radius 2 is 2.20 bits per heavy atom. The van der Waals surface area contributed by atoms with Gasteiger partial charge >= 0.3 is 0 Å². The van der Waals surface area contributed by atoms with Crippen molar-refractivity contribution in [1.82, 2.24) is 9.97 Å². The number of rotatable bonds is 2. The van der Waals surface area contributed by atoms with Crippen molar-refractivity contribution in [3.05, 3.63) is 34.3 Å². The zero-order valence-corrected chi connectivity index (χ0v) is 9.58. The minimum Gasteiger partial charge on any atom is -0.323 e. The molecule has 0 fully saturated rings. The van der Waals surface area contributed by atoms with Crippen molar-refractivity contribution < 1.29 is 0 Å². The first-order valence-electron chi connectivity index (χ1n) is 4.83. The van der Waals surface area contributed by atoms with Crippen LogP contribution in [0.4, 0.5) is 0 Å². The van der Waals surface area contributed by atoms with E-state index in [0.717, 1.165) is 21.3 Å². The van der Waals surface area contributed by atoms with E-state index < -0.39 is 0 Å². The highest BCUT2D eigenvalue weighted by atomic mass is 32.1. The van der Waals surface area contributed by atoms with E-state index >= 15 is 0 Å². The quantitative estimate of drug-likeness (QED) is 0.844. The van der Waals surface area contributed by atoms with Crippen LogP contribution in [0.5, 0.6) is 0 Å².